The number of alkyl carbamates (subject to hydrolysis) is 1. The van der Waals surface area contributed by atoms with Crippen molar-refractivity contribution in [2.45, 2.75) is 19.8 Å². The van der Waals surface area contributed by atoms with Crippen LogP contribution in [0.5, 0.6) is 0 Å². The second-order valence-corrected chi connectivity index (χ2v) is 2.42. The predicted octanol–water partition coefficient (Wildman–Crippen LogP) is 0.259. The molecule has 0 aliphatic carbocycles. The summed E-state index contributed by atoms with van der Waals surface area (Å²) >= 11 is 0. The minimum Gasteiger partial charge on any atom is -0.450 e. The molecule has 1 saturated heterocycles. The predicted molar refractivity (Wildman–Crippen MR) is 48.3 cm³/mol. The summed E-state index contributed by atoms with van der Waals surface area (Å²) in [6.45, 7) is 3.08. The van der Waals surface area contributed by atoms with Crippen LogP contribution in [0.1, 0.15) is 19.8 Å². The standard InChI is InChI=1S/C4H9NO2.C4H7NO/c1-3-7-4(6)5-2;6-4-2-1-3-5-4/h3H2,1-2H3,(H,5,6);1-3H2,(H,5,6). The van der Waals surface area contributed by atoms with Crippen molar-refractivity contribution in [3.8, 4) is 0 Å². The van der Waals surface area contributed by atoms with Crippen LogP contribution in [0.15, 0.2) is 0 Å². The smallest absolute Gasteiger partial charge is 0.406 e. The molecule has 13 heavy (non-hydrogen) atoms. The normalized spacial score (nSPS) is 13.8. The van der Waals surface area contributed by atoms with Crippen LogP contribution < -0.4 is 10.6 Å². The van der Waals surface area contributed by atoms with E-state index in [1.165, 1.54) is 7.05 Å². The van der Waals surface area contributed by atoms with Crippen LogP contribution in [-0.2, 0) is 9.53 Å². The van der Waals surface area contributed by atoms with Gasteiger partial charge in [0.2, 0.25) is 5.91 Å². The molecule has 5 nitrogen and oxygen atoms in total. The van der Waals surface area contributed by atoms with Crippen LogP contribution in [0.25, 0.3) is 0 Å². The first-order valence-electron chi connectivity index (χ1n) is 4.32. The number of amides is 2. The van der Waals surface area contributed by atoms with Crippen LogP contribution >= 0.6 is 0 Å². The molecule has 0 aromatic carbocycles. The average molecular weight is 188 g/mol. The maximum Gasteiger partial charge on any atom is 0.406 e. The van der Waals surface area contributed by atoms with E-state index >= 15 is 0 Å². The Balaban J connectivity index is 0.000000223. The van der Waals surface area contributed by atoms with E-state index in [2.05, 4.69) is 15.4 Å². The van der Waals surface area contributed by atoms with Crippen molar-refractivity contribution in [1.82, 2.24) is 10.6 Å². The lowest BCUT2D eigenvalue weighted by Crippen LogP contribution is -2.18. The molecule has 0 unspecified atom stereocenters. The molecule has 0 bridgehead atoms. The molecule has 1 aliphatic rings. The van der Waals surface area contributed by atoms with Crippen molar-refractivity contribution >= 4 is 12.0 Å². The number of rotatable bonds is 1. The Morgan fingerprint density at radius 2 is 2.38 bits per heavy atom. The maximum absolute atomic E-state index is 10.1. The van der Waals surface area contributed by atoms with Crippen molar-refractivity contribution < 1.29 is 14.3 Å². The average Bonchev–Trinajstić information content (AvgIpc) is 2.57. The van der Waals surface area contributed by atoms with Gasteiger partial charge in [0.15, 0.2) is 0 Å². The molecule has 0 saturated carbocycles. The van der Waals surface area contributed by atoms with Crippen LogP contribution in [0.4, 0.5) is 4.79 Å². The molecular formula is C8H16N2O3. The molecule has 1 rings (SSSR count). The van der Waals surface area contributed by atoms with Gasteiger partial charge in [0.1, 0.15) is 0 Å². The third-order valence-electron chi connectivity index (χ3n) is 1.38. The van der Waals surface area contributed by atoms with E-state index in [1.807, 2.05) is 0 Å². The fourth-order valence-corrected chi connectivity index (χ4v) is 0.768. The highest BCUT2D eigenvalue weighted by Crippen LogP contribution is 1.93. The monoisotopic (exact) mass is 188 g/mol. The van der Waals surface area contributed by atoms with E-state index in [9.17, 15) is 9.59 Å². The molecule has 1 heterocycles. The zero-order valence-corrected chi connectivity index (χ0v) is 8.05. The maximum atomic E-state index is 10.1. The first-order valence-corrected chi connectivity index (χ1v) is 4.32. The van der Waals surface area contributed by atoms with Gasteiger partial charge in [-0.3, -0.25) is 4.79 Å². The van der Waals surface area contributed by atoms with Gasteiger partial charge in [-0.1, -0.05) is 0 Å². The molecule has 0 radical (unpaired) electrons. The van der Waals surface area contributed by atoms with Crippen molar-refractivity contribution in [2.75, 3.05) is 20.2 Å². The molecule has 1 fully saturated rings. The SMILES string of the molecule is CCOC(=O)NC.O=C1CCCN1. The first kappa shape index (κ1) is 11.7. The van der Waals surface area contributed by atoms with Gasteiger partial charge in [-0.2, -0.15) is 0 Å². The van der Waals surface area contributed by atoms with Crippen LogP contribution in [0.2, 0.25) is 0 Å². The molecule has 0 aromatic heterocycles. The molecule has 76 valence electrons. The number of ether oxygens (including phenoxy) is 1. The third kappa shape index (κ3) is 7.11. The number of hydrogen-bond donors (Lipinski definition) is 2. The summed E-state index contributed by atoms with van der Waals surface area (Å²) < 4.78 is 4.44. The fourth-order valence-electron chi connectivity index (χ4n) is 0.768. The van der Waals surface area contributed by atoms with E-state index in [-0.39, 0.29) is 12.0 Å². The lowest BCUT2D eigenvalue weighted by atomic mass is 10.4. The molecule has 0 aromatic rings. The highest BCUT2D eigenvalue weighted by atomic mass is 16.5. The summed E-state index contributed by atoms with van der Waals surface area (Å²) in [6.07, 6.45) is 1.39. The van der Waals surface area contributed by atoms with Gasteiger partial charge in [0.25, 0.3) is 0 Å². The van der Waals surface area contributed by atoms with Crippen molar-refractivity contribution in [1.29, 1.82) is 0 Å². The molecule has 0 spiro atoms. The van der Waals surface area contributed by atoms with Crippen LogP contribution in [0.3, 0.4) is 0 Å². The second-order valence-electron chi connectivity index (χ2n) is 2.42. The van der Waals surface area contributed by atoms with Crippen LogP contribution in [0, 0.1) is 0 Å². The number of nitrogens with one attached hydrogen (secondary N) is 2. The molecule has 2 N–H and O–H groups in total. The molecule has 0 atom stereocenters. The zero-order valence-electron chi connectivity index (χ0n) is 8.05. The van der Waals surface area contributed by atoms with E-state index in [4.69, 9.17) is 0 Å². The summed E-state index contributed by atoms with van der Waals surface area (Å²) in [5, 5.41) is 4.99. The summed E-state index contributed by atoms with van der Waals surface area (Å²) in [7, 11) is 1.53. The summed E-state index contributed by atoms with van der Waals surface area (Å²) in [4.78, 5) is 20.2. The zero-order chi connectivity index (χ0) is 10.1. The fraction of sp³-hybridized carbons (Fsp3) is 0.750. The van der Waals surface area contributed by atoms with Crippen molar-refractivity contribution in [3.63, 3.8) is 0 Å². The largest absolute Gasteiger partial charge is 0.450 e. The van der Waals surface area contributed by atoms with Gasteiger partial charge >= 0.3 is 6.09 Å². The van der Waals surface area contributed by atoms with Crippen LogP contribution in [-0.4, -0.2) is 32.2 Å². The minimum absolute atomic E-state index is 0.204. The van der Waals surface area contributed by atoms with Gasteiger partial charge < -0.3 is 15.4 Å². The summed E-state index contributed by atoms with van der Waals surface area (Å²) in [5.74, 6) is 0.204. The van der Waals surface area contributed by atoms with Crippen molar-refractivity contribution in [3.05, 3.63) is 0 Å². The third-order valence-corrected chi connectivity index (χ3v) is 1.38. The quantitative estimate of drug-likeness (QED) is 0.620. The van der Waals surface area contributed by atoms with Gasteiger partial charge in [0, 0.05) is 20.0 Å². The summed E-state index contributed by atoms with van der Waals surface area (Å²) in [5.41, 5.74) is 0. The number of carbonyl (C=O) groups excluding carboxylic acids is 2. The molecule has 2 amide bonds. The van der Waals surface area contributed by atoms with E-state index < -0.39 is 0 Å². The number of carbonyl (C=O) groups is 2. The second kappa shape index (κ2) is 7.39. The van der Waals surface area contributed by atoms with E-state index in [0.29, 0.717) is 6.61 Å². The van der Waals surface area contributed by atoms with Crippen molar-refractivity contribution in [2.24, 2.45) is 0 Å². The molecular weight excluding hydrogens is 172 g/mol. The summed E-state index contributed by atoms with van der Waals surface area (Å²) in [6, 6.07) is 0. The molecule has 1 aliphatic heterocycles. The Morgan fingerprint density at radius 1 is 1.69 bits per heavy atom. The van der Waals surface area contributed by atoms with E-state index in [0.717, 1.165) is 19.4 Å². The minimum atomic E-state index is -0.373. The Bertz CT molecular complexity index is 163. The Labute approximate surface area is 77.8 Å². The first-order chi connectivity index (χ1) is 6.20. The highest BCUT2D eigenvalue weighted by molar-refractivity contribution is 5.77. The Hall–Kier alpha value is -1.26. The Morgan fingerprint density at radius 3 is 2.54 bits per heavy atom. The van der Waals surface area contributed by atoms with Gasteiger partial charge in [-0.25, -0.2) is 4.79 Å². The van der Waals surface area contributed by atoms with Gasteiger partial charge in [-0.05, 0) is 13.3 Å². The lowest BCUT2D eigenvalue weighted by molar-refractivity contribution is -0.119. The lowest BCUT2D eigenvalue weighted by Gasteiger charge is -1.95. The van der Waals surface area contributed by atoms with Gasteiger partial charge in [0.05, 0.1) is 6.61 Å². The topological polar surface area (TPSA) is 67.4 Å². The van der Waals surface area contributed by atoms with Gasteiger partial charge in [-0.15, -0.1) is 0 Å². The van der Waals surface area contributed by atoms with E-state index in [1.54, 1.807) is 6.92 Å². The highest BCUT2D eigenvalue weighted by Gasteiger charge is 2.05. The Kier molecular flexibility index (Phi) is 6.68. The number of hydrogen-bond acceptors (Lipinski definition) is 3. The molecule has 5 heteroatoms.